The van der Waals surface area contributed by atoms with Gasteiger partial charge in [0.15, 0.2) is 5.78 Å². The van der Waals surface area contributed by atoms with Gasteiger partial charge in [-0.25, -0.2) is 0 Å². The van der Waals surface area contributed by atoms with Crippen molar-refractivity contribution in [3.05, 3.63) is 26.8 Å². The Bertz CT molecular complexity index is 437. The van der Waals surface area contributed by atoms with Gasteiger partial charge in [-0.1, -0.05) is 6.92 Å². The number of aliphatic imine (C=N–C) groups is 1. The van der Waals surface area contributed by atoms with E-state index in [-0.39, 0.29) is 11.7 Å². The van der Waals surface area contributed by atoms with E-state index in [9.17, 15) is 4.79 Å². The second kappa shape index (κ2) is 3.46. The highest BCUT2D eigenvalue weighted by Crippen LogP contribution is 2.29. The first-order valence-electron chi connectivity index (χ1n) is 4.48. The van der Waals surface area contributed by atoms with E-state index in [2.05, 4.69) is 27.6 Å². The van der Waals surface area contributed by atoms with Crippen LogP contribution in [0.1, 0.15) is 22.8 Å². The molecule has 0 aromatic heterocycles. The van der Waals surface area contributed by atoms with Gasteiger partial charge in [-0.05, 0) is 47.2 Å². The van der Waals surface area contributed by atoms with E-state index in [0.29, 0.717) is 0 Å². The standard InChI is InChI=1S/C11H10INO/c1-6-3-10-8(4-9(6)12)11(14)7(2)5-13-10/h3-5,7H,1-2H3. The molecular formula is C11H10INO. The van der Waals surface area contributed by atoms with Gasteiger partial charge in [-0.2, -0.15) is 0 Å². The van der Waals surface area contributed by atoms with Crippen LogP contribution in [-0.2, 0) is 0 Å². The molecule has 3 heteroatoms. The van der Waals surface area contributed by atoms with Gasteiger partial charge in [0.25, 0.3) is 0 Å². The summed E-state index contributed by atoms with van der Waals surface area (Å²) >= 11 is 2.24. The van der Waals surface area contributed by atoms with Gasteiger partial charge in [0.2, 0.25) is 0 Å². The van der Waals surface area contributed by atoms with Crippen LogP contribution in [0.4, 0.5) is 5.69 Å². The fourth-order valence-electron chi connectivity index (χ4n) is 1.48. The zero-order chi connectivity index (χ0) is 10.3. The van der Waals surface area contributed by atoms with Gasteiger partial charge in [0.1, 0.15) is 0 Å². The SMILES string of the molecule is Cc1cc2c(cc1I)C(=O)C(C)C=N2. The fourth-order valence-corrected chi connectivity index (χ4v) is 1.94. The number of Topliss-reactive ketones (excluding diaryl/α,β-unsaturated/α-hetero) is 1. The smallest absolute Gasteiger partial charge is 0.173 e. The molecule has 0 saturated heterocycles. The first-order chi connectivity index (χ1) is 6.59. The minimum Gasteiger partial charge on any atom is -0.293 e. The lowest BCUT2D eigenvalue weighted by Crippen LogP contribution is -2.16. The van der Waals surface area contributed by atoms with Crippen molar-refractivity contribution in [2.45, 2.75) is 13.8 Å². The molecular weight excluding hydrogens is 289 g/mol. The molecule has 72 valence electrons. The number of ketones is 1. The Labute approximate surface area is 96.6 Å². The van der Waals surface area contributed by atoms with E-state index in [1.54, 1.807) is 6.21 Å². The number of hydrogen-bond acceptors (Lipinski definition) is 2. The molecule has 14 heavy (non-hydrogen) atoms. The Morgan fingerprint density at radius 1 is 1.43 bits per heavy atom. The summed E-state index contributed by atoms with van der Waals surface area (Å²) in [6.45, 7) is 3.90. The lowest BCUT2D eigenvalue weighted by atomic mass is 9.95. The molecule has 0 saturated carbocycles. The molecule has 0 amide bonds. The lowest BCUT2D eigenvalue weighted by Gasteiger charge is -2.14. The van der Waals surface area contributed by atoms with Gasteiger partial charge in [-0.3, -0.25) is 9.79 Å². The molecule has 1 atom stereocenters. The number of halogens is 1. The maximum Gasteiger partial charge on any atom is 0.173 e. The van der Waals surface area contributed by atoms with Crippen molar-refractivity contribution in [1.29, 1.82) is 0 Å². The van der Waals surface area contributed by atoms with Crippen molar-refractivity contribution in [1.82, 2.24) is 0 Å². The molecule has 1 aliphatic rings. The molecule has 0 radical (unpaired) electrons. The zero-order valence-corrected chi connectivity index (χ0v) is 10.2. The van der Waals surface area contributed by atoms with Crippen molar-refractivity contribution in [2.24, 2.45) is 10.9 Å². The third kappa shape index (κ3) is 1.49. The zero-order valence-electron chi connectivity index (χ0n) is 8.04. The highest BCUT2D eigenvalue weighted by Gasteiger charge is 2.21. The average Bonchev–Trinajstić information content (AvgIpc) is 2.15. The van der Waals surface area contributed by atoms with Crippen molar-refractivity contribution in [3.8, 4) is 0 Å². The number of fused-ring (bicyclic) bond motifs is 1. The van der Waals surface area contributed by atoms with E-state index >= 15 is 0 Å². The van der Waals surface area contributed by atoms with Gasteiger partial charge in [0.05, 0.1) is 11.6 Å². The predicted octanol–water partition coefficient (Wildman–Crippen LogP) is 3.13. The molecule has 2 rings (SSSR count). The summed E-state index contributed by atoms with van der Waals surface area (Å²) in [6, 6.07) is 3.90. The van der Waals surface area contributed by atoms with Crippen molar-refractivity contribution < 1.29 is 4.79 Å². The Morgan fingerprint density at radius 2 is 2.14 bits per heavy atom. The van der Waals surface area contributed by atoms with Crippen LogP contribution < -0.4 is 0 Å². The van der Waals surface area contributed by atoms with Gasteiger partial charge < -0.3 is 0 Å². The van der Waals surface area contributed by atoms with Crippen LogP contribution in [0.15, 0.2) is 17.1 Å². The number of rotatable bonds is 0. The molecule has 0 bridgehead atoms. The quantitative estimate of drug-likeness (QED) is 0.677. The molecule has 0 N–H and O–H groups in total. The lowest BCUT2D eigenvalue weighted by molar-refractivity contribution is 0.0962. The van der Waals surface area contributed by atoms with Gasteiger partial charge in [-0.15, -0.1) is 0 Å². The Kier molecular flexibility index (Phi) is 2.43. The number of hydrogen-bond donors (Lipinski definition) is 0. The largest absolute Gasteiger partial charge is 0.293 e. The second-order valence-electron chi connectivity index (χ2n) is 3.55. The minimum absolute atomic E-state index is 0.0824. The number of carbonyl (C=O) groups excluding carboxylic acids is 1. The number of aryl methyl sites for hydroxylation is 1. The molecule has 1 aliphatic heterocycles. The Balaban J connectivity index is 2.64. The first kappa shape index (κ1) is 9.83. The minimum atomic E-state index is -0.0824. The van der Waals surface area contributed by atoms with Crippen LogP contribution in [-0.4, -0.2) is 12.0 Å². The fraction of sp³-hybridized carbons (Fsp3) is 0.273. The van der Waals surface area contributed by atoms with Gasteiger partial charge >= 0.3 is 0 Å². The summed E-state index contributed by atoms with van der Waals surface area (Å²) in [6.07, 6.45) is 1.72. The topological polar surface area (TPSA) is 29.4 Å². The third-order valence-corrected chi connectivity index (χ3v) is 3.56. The van der Waals surface area contributed by atoms with E-state index < -0.39 is 0 Å². The van der Waals surface area contributed by atoms with Crippen LogP contribution >= 0.6 is 22.6 Å². The van der Waals surface area contributed by atoms with E-state index in [1.807, 2.05) is 26.0 Å². The number of carbonyl (C=O) groups is 1. The van der Waals surface area contributed by atoms with Crippen LogP contribution in [0.2, 0.25) is 0 Å². The Morgan fingerprint density at radius 3 is 2.86 bits per heavy atom. The van der Waals surface area contributed by atoms with Crippen LogP contribution in [0, 0.1) is 16.4 Å². The molecule has 1 aromatic carbocycles. The monoisotopic (exact) mass is 299 g/mol. The third-order valence-electron chi connectivity index (χ3n) is 2.39. The summed E-state index contributed by atoms with van der Waals surface area (Å²) in [5.74, 6) is 0.0916. The van der Waals surface area contributed by atoms with Crippen LogP contribution in [0.5, 0.6) is 0 Å². The van der Waals surface area contributed by atoms with E-state index in [1.165, 1.54) is 5.56 Å². The second-order valence-corrected chi connectivity index (χ2v) is 4.71. The van der Waals surface area contributed by atoms with E-state index in [0.717, 1.165) is 14.8 Å². The summed E-state index contributed by atoms with van der Waals surface area (Å²) < 4.78 is 1.12. The van der Waals surface area contributed by atoms with Crippen molar-refractivity contribution in [2.75, 3.05) is 0 Å². The molecule has 0 fully saturated rings. The highest BCUT2D eigenvalue weighted by molar-refractivity contribution is 14.1. The maximum atomic E-state index is 11.8. The van der Waals surface area contributed by atoms with Crippen LogP contribution in [0.25, 0.3) is 0 Å². The molecule has 0 aliphatic carbocycles. The maximum absolute atomic E-state index is 11.8. The van der Waals surface area contributed by atoms with E-state index in [4.69, 9.17) is 0 Å². The van der Waals surface area contributed by atoms with Crippen LogP contribution in [0.3, 0.4) is 0 Å². The molecule has 1 aromatic rings. The summed E-state index contributed by atoms with van der Waals surface area (Å²) in [5.41, 5.74) is 2.74. The highest BCUT2D eigenvalue weighted by atomic mass is 127. The molecule has 1 unspecified atom stereocenters. The summed E-state index contributed by atoms with van der Waals surface area (Å²) in [4.78, 5) is 16.1. The molecule has 1 heterocycles. The summed E-state index contributed by atoms with van der Waals surface area (Å²) in [7, 11) is 0. The molecule has 2 nitrogen and oxygen atoms in total. The predicted molar refractivity (Wildman–Crippen MR) is 65.5 cm³/mol. The van der Waals surface area contributed by atoms with Gasteiger partial charge in [0, 0.05) is 15.3 Å². The summed E-state index contributed by atoms with van der Waals surface area (Å²) in [5, 5.41) is 0. The normalized spacial score (nSPS) is 19.6. The first-order valence-corrected chi connectivity index (χ1v) is 5.56. The number of nitrogens with zero attached hydrogens (tertiary/aromatic N) is 1. The average molecular weight is 299 g/mol. The van der Waals surface area contributed by atoms with Crippen molar-refractivity contribution >= 4 is 40.3 Å². The number of benzene rings is 1. The molecule has 0 spiro atoms. The van der Waals surface area contributed by atoms with Crippen molar-refractivity contribution in [3.63, 3.8) is 0 Å². The Hall–Kier alpha value is -0.710.